The van der Waals surface area contributed by atoms with Gasteiger partial charge in [-0.1, -0.05) is 48.5 Å². The number of carbonyl (C=O) groups excluding carboxylic acids is 2. The summed E-state index contributed by atoms with van der Waals surface area (Å²) in [6.45, 7) is 3.98. The van der Waals surface area contributed by atoms with Crippen LogP contribution in [0.2, 0.25) is 0 Å². The summed E-state index contributed by atoms with van der Waals surface area (Å²) in [6, 6.07) is 22.9. The number of ether oxygens (including phenoxy) is 1. The van der Waals surface area contributed by atoms with Crippen LogP contribution in [-0.2, 0) is 9.59 Å². The minimum atomic E-state index is -0.228. The zero-order valence-electron chi connectivity index (χ0n) is 19.0. The van der Waals surface area contributed by atoms with E-state index in [0.717, 1.165) is 28.3 Å². The van der Waals surface area contributed by atoms with Crippen molar-refractivity contribution in [3.8, 4) is 11.5 Å². The molecule has 32 heavy (non-hydrogen) atoms. The molecule has 0 aromatic heterocycles. The molecular weight excluding hydrogens is 402 g/mol. The molecule has 0 spiro atoms. The largest absolute Gasteiger partial charge is 0.455 e. The number of nitrogens with one attached hydrogen (secondary N) is 1. The first-order valence-corrected chi connectivity index (χ1v) is 10.5. The minimum absolute atomic E-state index is 0.0252. The summed E-state index contributed by atoms with van der Waals surface area (Å²) in [4.78, 5) is 28.5. The van der Waals surface area contributed by atoms with Crippen LogP contribution in [0.1, 0.15) is 11.1 Å². The number of likely N-dealkylation sites (N-methyl/N-ethyl adjacent to an activating group) is 2. The van der Waals surface area contributed by atoms with Crippen LogP contribution in [0.25, 0.3) is 0 Å². The lowest BCUT2D eigenvalue weighted by molar-refractivity contribution is -0.132. The fraction of sp³-hybridized carbons (Fsp3) is 0.231. The number of carbonyl (C=O) groups is 2. The number of rotatable bonds is 8. The van der Waals surface area contributed by atoms with Crippen LogP contribution in [0, 0.1) is 13.8 Å². The van der Waals surface area contributed by atoms with Gasteiger partial charge >= 0.3 is 0 Å². The first kappa shape index (κ1) is 22.9. The highest BCUT2D eigenvalue weighted by Gasteiger charge is 2.18. The highest BCUT2D eigenvalue weighted by molar-refractivity contribution is 5.96. The topological polar surface area (TPSA) is 61.9 Å². The molecule has 0 unspecified atom stereocenters. The predicted octanol–water partition coefficient (Wildman–Crippen LogP) is 4.63. The first-order chi connectivity index (χ1) is 15.3. The van der Waals surface area contributed by atoms with Gasteiger partial charge in [0.2, 0.25) is 11.8 Å². The van der Waals surface area contributed by atoms with Gasteiger partial charge in [0.15, 0.2) is 5.75 Å². The van der Waals surface area contributed by atoms with Crippen molar-refractivity contribution < 1.29 is 14.3 Å². The van der Waals surface area contributed by atoms with Gasteiger partial charge in [0.25, 0.3) is 0 Å². The molecule has 6 nitrogen and oxygen atoms in total. The van der Waals surface area contributed by atoms with E-state index in [0.29, 0.717) is 5.75 Å². The maximum Gasteiger partial charge on any atom is 0.243 e. The molecule has 166 valence electrons. The SMILES string of the molecule is Cc1cccc(C)c1NC(=O)CN(C)C(=O)CN(C)c1ccccc1Oc1ccccc1. The maximum absolute atomic E-state index is 12.8. The lowest BCUT2D eigenvalue weighted by Gasteiger charge is -2.25. The van der Waals surface area contributed by atoms with Crippen molar-refractivity contribution in [2.24, 2.45) is 0 Å². The summed E-state index contributed by atoms with van der Waals surface area (Å²) in [5.74, 6) is 0.983. The van der Waals surface area contributed by atoms with E-state index in [9.17, 15) is 9.59 Å². The molecule has 0 atom stereocenters. The molecule has 0 fully saturated rings. The Morgan fingerprint density at radius 2 is 1.44 bits per heavy atom. The molecule has 2 amide bonds. The molecule has 0 aliphatic carbocycles. The van der Waals surface area contributed by atoms with Crippen LogP contribution in [0.4, 0.5) is 11.4 Å². The molecule has 3 aromatic carbocycles. The second-order valence-corrected chi connectivity index (χ2v) is 7.80. The fourth-order valence-electron chi connectivity index (χ4n) is 3.38. The van der Waals surface area contributed by atoms with Crippen molar-refractivity contribution >= 4 is 23.2 Å². The van der Waals surface area contributed by atoms with E-state index in [1.807, 2.05) is 98.6 Å². The van der Waals surface area contributed by atoms with Crippen molar-refractivity contribution in [3.05, 3.63) is 83.9 Å². The van der Waals surface area contributed by atoms with Gasteiger partial charge in [-0.15, -0.1) is 0 Å². The molecule has 0 aliphatic rings. The molecule has 1 N–H and O–H groups in total. The number of anilines is 2. The fourth-order valence-corrected chi connectivity index (χ4v) is 3.38. The average Bonchev–Trinajstić information content (AvgIpc) is 2.77. The lowest BCUT2D eigenvalue weighted by Crippen LogP contribution is -2.40. The predicted molar refractivity (Wildman–Crippen MR) is 128 cm³/mol. The van der Waals surface area contributed by atoms with Crippen molar-refractivity contribution in [3.63, 3.8) is 0 Å². The highest BCUT2D eigenvalue weighted by atomic mass is 16.5. The average molecular weight is 432 g/mol. The van der Waals surface area contributed by atoms with E-state index < -0.39 is 0 Å². The van der Waals surface area contributed by atoms with Gasteiger partial charge < -0.3 is 19.9 Å². The second-order valence-electron chi connectivity index (χ2n) is 7.80. The van der Waals surface area contributed by atoms with Crippen LogP contribution in [0.5, 0.6) is 11.5 Å². The molecule has 3 rings (SSSR count). The molecule has 0 bridgehead atoms. The van der Waals surface area contributed by atoms with E-state index in [1.165, 1.54) is 4.90 Å². The van der Waals surface area contributed by atoms with Gasteiger partial charge in [0.1, 0.15) is 5.75 Å². The van der Waals surface area contributed by atoms with Crippen molar-refractivity contribution in [1.29, 1.82) is 0 Å². The third-order valence-electron chi connectivity index (χ3n) is 5.17. The number of nitrogens with zero attached hydrogens (tertiary/aromatic N) is 2. The van der Waals surface area contributed by atoms with Crippen LogP contribution in [-0.4, -0.2) is 43.9 Å². The third kappa shape index (κ3) is 5.88. The minimum Gasteiger partial charge on any atom is -0.455 e. The standard InChI is InChI=1S/C26H29N3O3/c1-19-11-10-12-20(2)26(19)27-24(30)17-29(4)25(31)18-28(3)22-15-8-9-16-23(22)32-21-13-6-5-7-14-21/h5-16H,17-18H2,1-4H3,(H,27,30). The Morgan fingerprint density at radius 3 is 2.12 bits per heavy atom. The normalized spacial score (nSPS) is 10.4. The Kier molecular flexibility index (Phi) is 7.49. The Bertz CT molecular complexity index is 1060. The van der Waals surface area contributed by atoms with E-state index in [2.05, 4.69) is 5.32 Å². The molecule has 0 saturated carbocycles. The molecule has 0 radical (unpaired) electrons. The van der Waals surface area contributed by atoms with E-state index in [4.69, 9.17) is 4.74 Å². The summed E-state index contributed by atoms with van der Waals surface area (Å²) < 4.78 is 6.00. The Labute approximate surface area is 189 Å². The molecular formula is C26H29N3O3. The third-order valence-corrected chi connectivity index (χ3v) is 5.17. The molecule has 0 heterocycles. The highest BCUT2D eigenvalue weighted by Crippen LogP contribution is 2.31. The van der Waals surface area contributed by atoms with Crippen molar-refractivity contribution in [2.45, 2.75) is 13.8 Å². The van der Waals surface area contributed by atoms with Gasteiger partial charge in [-0.05, 0) is 49.2 Å². The second kappa shape index (κ2) is 10.5. The van der Waals surface area contributed by atoms with Crippen LogP contribution in [0.3, 0.4) is 0 Å². The van der Waals surface area contributed by atoms with Crippen LogP contribution < -0.4 is 15.0 Å². The molecule has 0 saturated heterocycles. The van der Waals surface area contributed by atoms with Crippen LogP contribution >= 0.6 is 0 Å². The van der Waals surface area contributed by atoms with Gasteiger partial charge in [-0.3, -0.25) is 9.59 Å². The smallest absolute Gasteiger partial charge is 0.243 e. The summed E-state index contributed by atoms with van der Waals surface area (Å²) in [6.07, 6.45) is 0. The lowest BCUT2D eigenvalue weighted by atomic mass is 10.1. The number of benzene rings is 3. The Morgan fingerprint density at radius 1 is 0.812 bits per heavy atom. The van der Waals surface area contributed by atoms with Crippen molar-refractivity contribution in [1.82, 2.24) is 4.90 Å². The Hall–Kier alpha value is -3.80. The molecule has 6 heteroatoms. The number of amides is 2. The van der Waals surface area contributed by atoms with Crippen molar-refractivity contribution in [2.75, 3.05) is 37.4 Å². The number of para-hydroxylation sites is 4. The van der Waals surface area contributed by atoms with E-state index in [-0.39, 0.29) is 24.9 Å². The van der Waals surface area contributed by atoms with Gasteiger partial charge in [0, 0.05) is 19.8 Å². The summed E-state index contributed by atoms with van der Waals surface area (Å²) in [7, 11) is 3.46. The first-order valence-electron chi connectivity index (χ1n) is 10.5. The number of hydrogen-bond donors (Lipinski definition) is 1. The maximum atomic E-state index is 12.8. The molecule has 3 aromatic rings. The Balaban J connectivity index is 1.61. The molecule has 0 aliphatic heterocycles. The summed E-state index contributed by atoms with van der Waals surface area (Å²) in [5.41, 5.74) is 3.56. The number of aryl methyl sites for hydroxylation is 2. The van der Waals surface area contributed by atoms with E-state index in [1.54, 1.807) is 7.05 Å². The van der Waals surface area contributed by atoms with Gasteiger partial charge in [-0.25, -0.2) is 0 Å². The summed E-state index contributed by atoms with van der Waals surface area (Å²) >= 11 is 0. The monoisotopic (exact) mass is 431 g/mol. The zero-order chi connectivity index (χ0) is 23.1. The van der Waals surface area contributed by atoms with Gasteiger partial charge in [-0.2, -0.15) is 0 Å². The van der Waals surface area contributed by atoms with Crippen LogP contribution in [0.15, 0.2) is 72.8 Å². The van der Waals surface area contributed by atoms with Gasteiger partial charge in [0.05, 0.1) is 18.8 Å². The summed E-state index contributed by atoms with van der Waals surface area (Å²) in [5, 5.41) is 2.92. The number of hydrogen-bond acceptors (Lipinski definition) is 4. The van der Waals surface area contributed by atoms with E-state index >= 15 is 0 Å². The quantitative estimate of drug-likeness (QED) is 0.565. The zero-order valence-corrected chi connectivity index (χ0v) is 19.0.